The minimum atomic E-state index is -3.51. The molecule has 1 aliphatic rings. The molecule has 3 unspecified atom stereocenters. The number of ether oxygens (including phenoxy) is 1. The fraction of sp³-hybridized carbons (Fsp3) is 0.600. The van der Waals surface area contributed by atoms with Crippen LogP contribution in [0.2, 0.25) is 0 Å². The van der Waals surface area contributed by atoms with E-state index in [1.54, 1.807) is 12.1 Å². The van der Waals surface area contributed by atoms with Crippen LogP contribution in [0.15, 0.2) is 20.1 Å². The Morgan fingerprint density at radius 1 is 1.61 bits per heavy atom. The summed E-state index contributed by atoms with van der Waals surface area (Å²) in [4.78, 5) is 0. The first-order chi connectivity index (χ1) is 8.44. The predicted octanol–water partition coefficient (Wildman–Crippen LogP) is 1.29. The Morgan fingerprint density at radius 2 is 2.33 bits per heavy atom. The number of thiophene rings is 1. The maximum Gasteiger partial charge on any atom is 0.250 e. The Kier molecular flexibility index (Phi) is 4.45. The van der Waals surface area contributed by atoms with Crippen LogP contribution in [-0.2, 0) is 14.8 Å². The molecule has 1 aliphatic carbocycles. The van der Waals surface area contributed by atoms with Gasteiger partial charge in [-0.3, -0.25) is 0 Å². The predicted molar refractivity (Wildman–Crippen MR) is 74.1 cm³/mol. The van der Waals surface area contributed by atoms with Crippen LogP contribution in [0.3, 0.4) is 0 Å². The van der Waals surface area contributed by atoms with E-state index in [1.807, 2.05) is 6.92 Å². The second kappa shape index (κ2) is 5.56. The van der Waals surface area contributed by atoms with E-state index < -0.39 is 10.0 Å². The molecule has 18 heavy (non-hydrogen) atoms. The molecule has 0 saturated heterocycles. The molecule has 3 N–H and O–H groups in total. The van der Waals surface area contributed by atoms with Gasteiger partial charge in [0.2, 0.25) is 10.0 Å². The van der Waals surface area contributed by atoms with Gasteiger partial charge in [0.15, 0.2) is 0 Å². The molecule has 1 saturated carbocycles. The molecule has 0 spiro atoms. The molecule has 3 atom stereocenters. The summed E-state index contributed by atoms with van der Waals surface area (Å²) in [5.74, 6) is 0. The van der Waals surface area contributed by atoms with E-state index in [0.717, 1.165) is 3.79 Å². The van der Waals surface area contributed by atoms with Crippen LogP contribution in [0.5, 0.6) is 0 Å². The number of nitrogens with two attached hydrogens (primary N) is 1. The summed E-state index contributed by atoms with van der Waals surface area (Å²) in [5, 5.41) is 0. The molecular formula is C10H15BrN2O3S2. The number of nitrogens with one attached hydrogen (secondary N) is 1. The molecule has 0 bridgehead atoms. The monoisotopic (exact) mass is 354 g/mol. The van der Waals surface area contributed by atoms with Crippen molar-refractivity contribution >= 4 is 37.3 Å². The molecular weight excluding hydrogens is 340 g/mol. The Labute approximate surface area is 119 Å². The second-order valence-corrected chi connectivity index (χ2v) is 8.50. The SMILES string of the molecule is CCOC1CC(N)C1NS(=O)(=O)c1ccc(Br)s1. The molecule has 102 valence electrons. The standard InChI is InChI=1S/C10H15BrN2O3S2/c1-2-16-7-5-6(12)10(7)13-18(14,15)9-4-3-8(11)17-9/h3-4,6-7,10,13H,2,5,12H2,1H3. The molecule has 5 nitrogen and oxygen atoms in total. The van der Waals surface area contributed by atoms with E-state index in [9.17, 15) is 8.42 Å². The summed E-state index contributed by atoms with van der Waals surface area (Å²) in [6, 6.07) is 2.76. The van der Waals surface area contributed by atoms with Crippen LogP contribution in [0.4, 0.5) is 0 Å². The van der Waals surface area contributed by atoms with Gasteiger partial charge in [-0.15, -0.1) is 11.3 Å². The highest BCUT2D eigenvalue weighted by Crippen LogP contribution is 2.29. The van der Waals surface area contributed by atoms with Crippen molar-refractivity contribution in [3.05, 3.63) is 15.9 Å². The largest absolute Gasteiger partial charge is 0.377 e. The second-order valence-electron chi connectivity index (χ2n) is 4.10. The molecule has 0 aromatic carbocycles. The lowest BCUT2D eigenvalue weighted by atomic mass is 9.84. The first-order valence-corrected chi connectivity index (χ1v) is 8.68. The quantitative estimate of drug-likeness (QED) is 0.834. The average molecular weight is 355 g/mol. The van der Waals surface area contributed by atoms with Crippen molar-refractivity contribution in [2.75, 3.05) is 6.61 Å². The van der Waals surface area contributed by atoms with E-state index in [2.05, 4.69) is 20.7 Å². The summed E-state index contributed by atoms with van der Waals surface area (Å²) in [7, 11) is -3.51. The van der Waals surface area contributed by atoms with E-state index in [-0.39, 0.29) is 22.4 Å². The molecule has 8 heteroatoms. The van der Waals surface area contributed by atoms with Crippen LogP contribution >= 0.6 is 27.3 Å². The van der Waals surface area contributed by atoms with Crippen LogP contribution in [0, 0.1) is 0 Å². The van der Waals surface area contributed by atoms with Gasteiger partial charge in [0.25, 0.3) is 0 Å². The van der Waals surface area contributed by atoms with Gasteiger partial charge in [0.05, 0.1) is 15.9 Å². The summed E-state index contributed by atoms with van der Waals surface area (Å²) < 4.78 is 33.3. The van der Waals surface area contributed by atoms with Crippen molar-refractivity contribution in [3.8, 4) is 0 Å². The number of rotatable bonds is 5. The number of sulfonamides is 1. The molecule has 0 radical (unpaired) electrons. The zero-order valence-corrected chi connectivity index (χ0v) is 13.0. The third kappa shape index (κ3) is 2.94. The minimum absolute atomic E-state index is 0.122. The topological polar surface area (TPSA) is 81.4 Å². The van der Waals surface area contributed by atoms with Gasteiger partial charge in [0, 0.05) is 12.6 Å². The Morgan fingerprint density at radius 3 is 2.83 bits per heavy atom. The summed E-state index contributed by atoms with van der Waals surface area (Å²) >= 11 is 4.42. The van der Waals surface area contributed by atoms with Crippen molar-refractivity contribution in [1.29, 1.82) is 0 Å². The van der Waals surface area contributed by atoms with E-state index >= 15 is 0 Å². The molecule has 2 rings (SSSR count). The van der Waals surface area contributed by atoms with E-state index in [1.165, 1.54) is 11.3 Å². The van der Waals surface area contributed by atoms with Crippen LogP contribution in [0.25, 0.3) is 0 Å². The van der Waals surface area contributed by atoms with Crippen molar-refractivity contribution in [2.24, 2.45) is 5.73 Å². The van der Waals surface area contributed by atoms with Crippen molar-refractivity contribution in [2.45, 2.75) is 35.7 Å². The fourth-order valence-corrected chi connectivity index (χ4v) is 5.21. The highest BCUT2D eigenvalue weighted by atomic mass is 79.9. The Bertz CT molecular complexity index is 515. The lowest BCUT2D eigenvalue weighted by Crippen LogP contribution is -2.64. The van der Waals surface area contributed by atoms with Gasteiger partial charge in [0.1, 0.15) is 4.21 Å². The molecule has 1 fully saturated rings. The van der Waals surface area contributed by atoms with Crippen molar-refractivity contribution < 1.29 is 13.2 Å². The van der Waals surface area contributed by atoms with Gasteiger partial charge >= 0.3 is 0 Å². The Hall–Kier alpha value is 0.01000. The lowest BCUT2D eigenvalue weighted by molar-refractivity contribution is -0.0248. The summed E-state index contributed by atoms with van der Waals surface area (Å²) in [6.07, 6.45) is 0.568. The van der Waals surface area contributed by atoms with Crippen LogP contribution in [-0.4, -0.2) is 33.2 Å². The molecule has 0 aliphatic heterocycles. The first-order valence-electron chi connectivity index (χ1n) is 5.59. The summed E-state index contributed by atoms with van der Waals surface area (Å²) in [5.41, 5.74) is 5.82. The third-order valence-corrected chi connectivity index (χ3v) is 6.43. The maximum absolute atomic E-state index is 12.1. The van der Waals surface area contributed by atoms with Crippen LogP contribution in [0.1, 0.15) is 13.3 Å². The van der Waals surface area contributed by atoms with E-state index in [4.69, 9.17) is 10.5 Å². The first kappa shape index (κ1) is 14.4. The maximum atomic E-state index is 12.1. The van der Waals surface area contributed by atoms with Gasteiger partial charge in [-0.2, -0.15) is 0 Å². The van der Waals surface area contributed by atoms with Crippen molar-refractivity contribution in [3.63, 3.8) is 0 Å². The lowest BCUT2D eigenvalue weighted by Gasteiger charge is -2.41. The average Bonchev–Trinajstić information content (AvgIpc) is 2.74. The Balaban J connectivity index is 2.08. The summed E-state index contributed by atoms with van der Waals surface area (Å²) in [6.45, 7) is 2.44. The molecule has 1 aromatic heterocycles. The van der Waals surface area contributed by atoms with Crippen LogP contribution < -0.4 is 10.5 Å². The van der Waals surface area contributed by atoms with Gasteiger partial charge in [-0.25, -0.2) is 13.1 Å². The molecule has 0 amide bonds. The smallest absolute Gasteiger partial charge is 0.250 e. The normalized spacial score (nSPS) is 28.1. The third-order valence-electron chi connectivity index (χ3n) is 2.85. The highest BCUT2D eigenvalue weighted by molar-refractivity contribution is 9.11. The zero-order valence-electron chi connectivity index (χ0n) is 9.80. The number of hydrogen-bond acceptors (Lipinski definition) is 5. The van der Waals surface area contributed by atoms with Gasteiger partial charge < -0.3 is 10.5 Å². The zero-order chi connectivity index (χ0) is 13.3. The van der Waals surface area contributed by atoms with Gasteiger partial charge in [-0.1, -0.05) is 0 Å². The van der Waals surface area contributed by atoms with Crippen molar-refractivity contribution in [1.82, 2.24) is 4.72 Å². The molecule has 1 aromatic rings. The fourth-order valence-electron chi connectivity index (χ4n) is 1.87. The van der Waals surface area contributed by atoms with Gasteiger partial charge in [-0.05, 0) is 41.4 Å². The minimum Gasteiger partial charge on any atom is -0.377 e. The number of halogens is 1. The highest BCUT2D eigenvalue weighted by Gasteiger charge is 2.42. The molecule has 1 heterocycles. The van der Waals surface area contributed by atoms with E-state index in [0.29, 0.717) is 13.0 Å². The number of hydrogen-bond donors (Lipinski definition) is 2.